The van der Waals surface area contributed by atoms with Gasteiger partial charge in [0.15, 0.2) is 6.29 Å². The van der Waals surface area contributed by atoms with Gasteiger partial charge in [0.25, 0.3) is 0 Å². The van der Waals surface area contributed by atoms with Gasteiger partial charge in [0.05, 0.1) is 7.11 Å². The van der Waals surface area contributed by atoms with Crippen molar-refractivity contribution in [3.8, 4) is 0 Å². The van der Waals surface area contributed by atoms with E-state index in [-0.39, 0.29) is 12.0 Å². The van der Waals surface area contributed by atoms with E-state index in [4.69, 9.17) is 14.2 Å². The summed E-state index contributed by atoms with van der Waals surface area (Å²) in [7, 11) is 4.69. The molecule has 0 unspecified atom stereocenters. The van der Waals surface area contributed by atoms with E-state index in [0.717, 1.165) is 17.7 Å². The molecule has 0 radical (unpaired) electrons. The van der Waals surface area contributed by atoms with Crippen LogP contribution in [0.4, 0.5) is 0 Å². The van der Waals surface area contributed by atoms with Crippen LogP contribution in [-0.4, -0.2) is 38.2 Å². The Kier molecular flexibility index (Phi) is 6.04. The van der Waals surface area contributed by atoms with Crippen LogP contribution >= 0.6 is 0 Å². The third-order valence-corrected chi connectivity index (χ3v) is 4.86. The van der Waals surface area contributed by atoms with Crippen molar-refractivity contribution in [1.82, 2.24) is 4.90 Å². The van der Waals surface area contributed by atoms with Crippen LogP contribution in [0.1, 0.15) is 28.5 Å². The van der Waals surface area contributed by atoms with Crippen molar-refractivity contribution in [2.24, 2.45) is 0 Å². The van der Waals surface area contributed by atoms with Gasteiger partial charge in [-0.3, -0.25) is 9.69 Å². The van der Waals surface area contributed by atoms with Gasteiger partial charge in [-0.1, -0.05) is 42.5 Å². The van der Waals surface area contributed by atoms with E-state index >= 15 is 0 Å². The molecule has 26 heavy (non-hydrogen) atoms. The van der Waals surface area contributed by atoms with E-state index in [1.54, 1.807) is 14.2 Å². The Bertz CT molecular complexity index is 757. The van der Waals surface area contributed by atoms with Crippen molar-refractivity contribution in [2.75, 3.05) is 21.3 Å². The zero-order valence-electron chi connectivity index (χ0n) is 15.5. The maximum absolute atomic E-state index is 12.3. The maximum Gasteiger partial charge on any atom is 0.323 e. The summed E-state index contributed by atoms with van der Waals surface area (Å²) in [5.41, 5.74) is 4.54. The van der Waals surface area contributed by atoms with Gasteiger partial charge in [-0.15, -0.1) is 0 Å². The van der Waals surface area contributed by atoms with Crippen LogP contribution in [0.15, 0.2) is 48.5 Å². The lowest BCUT2D eigenvalue weighted by molar-refractivity contribution is -0.148. The molecular formula is C21H25NO4. The maximum atomic E-state index is 12.3. The molecule has 5 nitrogen and oxygen atoms in total. The SMILES string of the molecule is COC(=O)[C@@H]1Cc2ccccc2CN1Cc1cccc(C(OC)OC)c1. The van der Waals surface area contributed by atoms with Crippen LogP contribution in [0.25, 0.3) is 0 Å². The molecule has 0 fully saturated rings. The van der Waals surface area contributed by atoms with Gasteiger partial charge in [0.1, 0.15) is 6.04 Å². The molecule has 0 N–H and O–H groups in total. The Morgan fingerprint density at radius 1 is 1.08 bits per heavy atom. The molecule has 0 aromatic heterocycles. The van der Waals surface area contributed by atoms with Crippen LogP contribution in [0.3, 0.4) is 0 Å². The number of hydrogen-bond acceptors (Lipinski definition) is 5. The van der Waals surface area contributed by atoms with E-state index in [1.165, 1.54) is 18.2 Å². The second-order valence-electron chi connectivity index (χ2n) is 6.47. The Morgan fingerprint density at radius 3 is 2.50 bits per heavy atom. The molecule has 2 aromatic carbocycles. The van der Waals surface area contributed by atoms with Crippen molar-refractivity contribution in [3.63, 3.8) is 0 Å². The van der Waals surface area contributed by atoms with Gasteiger partial charge in [0.2, 0.25) is 0 Å². The predicted octanol–water partition coefficient (Wildman–Crippen LogP) is 3.08. The van der Waals surface area contributed by atoms with Gasteiger partial charge in [-0.25, -0.2) is 0 Å². The first kappa shape index (κ1) is 18.6. The molecule has 1 aliphatic rings. The molecule has 3 rings (SSSR count). The number of benzene rings is 2. The molecule has 2 aromatic rings. The highest BCUT2D eigenvalue weighted by atomic mass is 16.7. The van der Waals surface area contributed by atoms with Crippen LogP contribution in [0.2, 0.25) is 0 Å². The topological polar surface area (TPSA) is 48.0 Å². The summed E-state index contributed by atoms with van der Waals surface area (Å²) in [6, 6.07) is 16.1. The highest BCUT2D eigenvalue weighted by Gasteiger charge is 2.32. The van der Waals surface area contributed by atoms with E-state index in [2.05, 4.69) is 29.2 Å². The van der Waals surface area contributed by atoms with Crippen LogP contribution in [0, 0.1) is 0 Å². The van der Waals surface area contributed by atoms with Crippen LogP contribution < -0.4 is 0 Å². The number of nitrogens with zero attached hydrogens (tertiary/aromatic N) is 1. The number of esters is 1. The Hall–Kier alpha value is -2.21. The van der Waals surface area contributed by atoms with E-state index < -0.39 is 6.29 Å². The van der Waals surface area contributed by atoms with Crippen LogP contribution in [-0.2, 0) is 38.5 Å². The molecule has 0 spiro atoms. The molecule has 1 heterocycles. The summed E-state index contributed by atoms with van der Waals surface area (Å²) in [6.45, 7) is 1.38. The Labute approximate surface area is 154 Å². The lowest BCUT2D eigenvalue weighted by Crippen LogP contribution is -2.45. The lowest BCUT2D eigenvalue weighted by atomic mass is 9.93. The number of rotatable bonds is 6. The summed E-state index contributed by atoms with van der Waals surface area (Å²) < 4.78 is 15.7. The first-order valence-electron chi connectivity index (χ1n) is 8.69. The molecule has 138 valence electrons. The molecule has 1 atom stereocenters. The molecule has 5 heteroatoms. The molecule has 0 amide bonds. The summed E-state index contributed by atoms with van der Waals surface area (Å²) in [5.74, 6) is -0.192. The second-order valence-corrected chi connectivity index (χ2v) is 6.47. The molecular weight excluding hydrogens is 330 g/mol. The predicted molar refractivity (Wildman–Crippen MR) is 98.4 cm³/mol. The van der Waals surface area contributed by atoms with Crippen molar-refractivity contribution >= 4 is 5.97 Å². The zero-order valence-corrected chi connectivity index (χ0v) is 15.5. The fraction of sp³-hybridized carbons (Fsp3) is 0.381. The van der Waals surface area contributed by atoms with Crippen LogP contribution in [0.5, 0.6) is 0 Å². The lowest BCUT2D eigenvalue weighted by Gasteiger charge is -2.35. The number of ether oxygens (including phenoxy) is 3. The molecule has 0 saturated heterocycles. The number of hydrogen-bond donors (Lipinski definition) is 0. The number of carbonyl (C=O) groups excluding carboxylic acids is 1. The third kappa shape index (κ3) is 3.96. The van der Waals surface area contributed by atoms with E-state index in [1.807, 2.05) is 24.3 Å². The fourth-order valence-electron chi connectivity index (χ4n) is 3.55. The van der Waals surface area contributed by atoms with Crippen molar-refractivity contribution in [2.45, 2.75) is 31.8 Å². The van der Waals surface area contributed by atoms with Crippen molar-refractivity contribution < 1.29 is 19.0 Å². The number of carbonyl (C=O) groups is 1. The second kappa shape index (κ2) is 8.45. The quantitative estimate of drug-likeness (QED) is 0.589. The third-order valence-electron chi connectivity index (χ3n) is 4.86. The van der Waals surface area contributed by atoms with Gasteiger partial charge >= 0.3 is 5.97 Å². The van der Waals surface area contributed by atoms with E-state index in [9.17, 15) is 4.79 Å². The highest BCUT2D eigenvalue weighted by molar-refractivity contribution is 5.76. The molecule has 1 aliphatic heterocycles. The largest absolute Gasteiger partial charge is 0.468 e. The van der Waals surface area contributed by atoms with Gasteiger partial charge in [-0.05, 0) is 29.2 Å². The average Bonchev–Trinajstić information content (AvgIpc) is 2.68. The summed E-state index contributed by atoms with van der Waals surface area (Å²) in [5, 5.41) is 0. The summed E-state index contributed by atoms with van der Waals surface area (Å²) >= 11 is 0. The van der Waals surface area contributed by atoms with Gasteiger partial charge in [0, 0.05) is 32.9 Å². The first-order chi connectivity index (χ1) is 12.7. The summed E-state index contributed by atoms with van der Waals surface area (Å²) in [4.78, 5) is 14.5. The fourth-order valence-corrected chi connectivity index (χ4v) is 3.55. The normalized spacial score (nSPS) is 17.2. The van der Waals surface area contributed by atoms with Gasteiger partial charge in [-0.2, -0.15) is 0 Å². The monoisotopic (exact) mass is 355 g/mol. The first-order valence-corrected chi connectivity index (χ1v) is 8.69. The van der Waals surface area contributed by atoms with Crippen molar-refractivity contribution in [3.05, 3.63) is 70.8 Å². The summed E-state index contributed by atoms with van der Waals surface area (Å²) in [6.07, 6.45) is 0.273. The smallest absolute Gasteiger partial charge is 0.323 e. The molecule has 0 bridgehead atoms. The van der Waals surface area contributed by atoms with E-state index in [0.29, 0.717) is 13.0 Å². The average molecular weight is 355 g/mol. The molecule has 0 aliphatic carbocycles. The number of methoxy groups -OCH3 is 3. The minimum atomic E-state index is -0.395. The minimum absolute atomic E-state index is 0.192. The zero-order chi connectivity index (χ0) is 18.5. The van der Waals surface area contributed by atoms with Crippen molar-refractivity contribution in [1.29, 1.82) is 0 Å². The number of fused-ring (bicyclic) bond motifs is 1. The Balaban J connectivity index is 1.85. The van der Waals surface area contributed by atoms with Gasteiger partial charge < -0.3 is 14.2 Å². The minimum Gasteiger partial charge on any atom is -0.468 e. The standard InChI is InChI=1S/C21H25NO4/c1-24-20(23)19-12-16-8-4-5-9-18(16)14-22(19)13-15-7-6-10-17(11-15)21(25-2)26-3/h4-11,19,21H,12-14H2,1-3H3/t19-/m0/s1. The molecule has 0 saturated carbocycles. The Morgan fingerprint density at radius 2 is 1.81 bits per heavy atom. The highest BCUT2D eigenvalue weighted by Crippen LogP contribution is 2.26.